The maximum atomic E-state index is 12.9. The Morgan fingerprint density at radius 2 is 1.83 bits per heavy atom. The second kappa shape index (κ2) is 9.32. The van der Waals surface area contributed by atoms with Crippen LogP contribution in [-0.2, 0) is 20.7 Å². The molecule has 0 radical (unpaired) electrons. The number of methoxy groups -OCH3 is 2. The highest BCUT2D eigenvalue weighted by molar-refractivity contribution is 6.46. The maximum absolute atomic E-state index is 12.9. The molecule has 1 heterocycles. The quantitative estimate of drug-likeness (QED) is 0.409. The lowest BCUT2D eigenvalue weighted by Gasteiger charge is -2.25. The third kappa shape index (κ3) is 4.06. The summed E-state index contributed by atoms with van der Waals surface area (Å²) in [4.78, 5) is 27.1. The number of hydrogen-bond acceptors (Lipinski definition) is 5. The van der Waals surface area contributed by atoms with Crippen LogP contribution in [0.3, 0.4) is 0 Å². The molecule has 1 unspecified atom stereocenters. The van der Waals surface area contributed by atoms with Gasteiger partial charge in [-0.2, -0.15) is 0 Å². The van der Waals surface area contributed by atoms with E-state index in [1.54, 1.807) is 12.1 Å². The van der Waals surface area contributed by atoms with Crippen molar-refractivity contribution in [3.8, 4) is 5.75 Å². The topological polar surface area (TPSA) is 76.1 Å². The van der Waals surface area contributed by atoms with Crippen molar-refractivity contribution >= 4 is 29.1 Å². The molecule has 0 saturated carbocycles. The minimum absolute atomic E-state index is 0.0322. The summed E-state index contributed by atoms with van der Waals surface area (Å²) in [5.74, 6) is -1.31. The van der Waals surface area contributed by atoms with Gasteiger partial charge < -0.3 is 19.5 Å². The van der Waals surface area contributed by atoms with Crippen LogP contribution in [0.1, 0.15) is 29.7 Å². The van der Waals surface area contributed by atoms with Gasteiger partial charge in [0.2, 0.25) is 0 Å². The zero-order chi connectivity index (χ0) is 21.8. The number of amides is 1. The summed E-state index contributed by atoms with van der Waals surface area (Å²) >= 11 is 6.08. The number of ketones is 1. The van der Waals surface area contributed by atoms with E-state index in [0.29, 0.717) is 16.3 Å². The van der Waals surface area contributed by atoms with E-state index in [-0.39, 0.29) is 24.5 Å². The van der Waals surface area contributed by atoms with Crippen LogP contribution in [0.5, 0.6) is 5.75 Å². The van der Waals surface area contributed by atoms with Crippen molar-refractivity contribution in [2.75, 3.05) is 27.4 Å². The van der Waals surface area contributed by atoms with Crippen molar-refractivity contribution in [3.63, 3.8) is 0 Å². The molecular weight excluding hydrogens is 406 g/mol. The van der Waals surface area contributed by atoms with E-state index in [1.807, 2.05) is 31.2 Å². The standard InChI is InChI=1S/C23H24ClNO5/c1-4-14-5-7-15(8-6-14)20-19(22(27)23(28)25(20)11-12-29-2)21(26)16-9-10-17(24)18(13-16)30-3/h5-10,13,20,26H,4,11-12H2,1-3H3/b21-19-. The molecule has 1 amide bonds. The molecule has 1 N–H and O–H groups in total. The first-order valence-electron chi connectivity index (χ1n) is 9.63. The van der Waals surface area contributed by atoms with Gasteiger partial charge in [-0.05, 0) is 35.7 Å². The van der Waals surface area contributed by atoms with Crippen LogP contribution in [0.4, 0.5) is 0 Å². The number of nitrogens with zero attached hydrogens (tertiary/aromatic N) is 1. The third-order valence-corrected chi connectivity index (χ3v) is 5.52. The molecule has 6 nitrogen and oxygen atoms in total. The van der Waals surface area contributed by atoms with Gasteiger partial charge in [0, 0.05) is 19.2 Å². The van der Waals surface area contributed by atoms with Crippen LogP contribution in [0.2, 0.25) is 5.02 Å². The Morgan fingerprint density at radius 1 is 1.13 bits per heavy atom. The number of Topliss-reactive ketones (excluding diaryl/α,β-unsaturated/α-hetero) is 1. The van der Waals surface area contributed by atoms with Crippen molar-refractivity contribution in [3.05, 3.63) is 69.8 Å². The zero-order valence-corrected chi connectivity index (χ0v) is 17.9. The van der Waals surface area contributed by atoms with Crippen molar-refractivity contribution in [1.29, 1.82) is 0 Å². The summed E-state index contributed by atoms with van der Waals surface area (Å²) in [6.07, 6.45) is 0.870. The van der Waals surface area contributed by atoms with E-state index >= 15 is 0 Å². The number of halogens is 1. The molecule has 1 fully saturated rings. The van der Waals surface area contributed by atoms with Crippen molar-refractivity contribution < 1.29 is 24.2 Å². The van der Waals surface area contributed by atoms with Crippen LogP contribution >= 0.6 is 11.6 Å². The van der Waals surface area contributed by atoms with Crippen LogP contribution in [0.15, 0.2) is 48.0 Å². The first kappa shape index (κ1) is 21.9. The van der Waals surface area contributed by atoms with Gasteiger partial charge in [-0.25, -0.2) is 0 Å². The molecule has 3 rings (SSSR count). The number of carbonyl (C=O) groups excluding carboxylic acids is 2. The predicted molar refractivity (Wildman–Crippen MR) is 115 cm³/mol. The zero-order valence-electron chi connectivity index (χ0n) is 17.1. The summed E-state index contributed by atoms with van der Waals surface area (Å²) < 4.78 is 10.3. The van der Waals surface area contributed by atoms with Crippen LogP contribution < -0.4 is 4.74 Å². The number of likely N-dealkylation sites (tertiary alicyclic amines) is 1. The Balaban J connectivity index is 2.16. The second-order valence-electron chi connectivity index (χ2n) is 6.93. The first-order chi connectivity index (χ1) is 14.4. The van der Waals surface area contributed by atoms with E-state index in [2.05, 4.69) is 0 Å². The summed E-state index contributed by atoms with van der Waals surface area (Å²) in [5, 5.41) is 11.4. The normalized spacial score (nSPS) is 18.1. The summed E-state index contributed by atoms with van der Waals surface area (Å²) in [6, 6.07) is 11.6. The fourth-order valence-corrected chi connectivity index (χ4v) is 3.74. The van der Waals surface area contributed by atoms with Gasteiger partial charge in [-0.15, -0.1) is 0 Å². The first-order valence-corrected chi connectivity index (χ1v) is 10.0. The fourth-order valence-electron chi connectivity index (χ4n) is 3.55. The van der Waals surface area contributed by atoms with Crippen LogP contribution in [0.25, 0.3) is 5.76 Å². The van der Waals surface area contributed by atoms with Gasteiger partial charge in [0.1, 0.15) is 11.5 Å². The van der Waals surface area contributed by atoms with E-state index in [9.17, 15) is 14.7 Å². The Labute approximate surface area is 180 Å². The molecule has 1 atom stereocenters. The molecule has 0 aromatic heterocycles. The van der Waals surface area contributed by atoms with E-state index in [4.69, 9.17) is 21.1 Å². The van der Waals surface area contributed by atoms with Gasteiger partial charge >= 0.3 is 0 Å². The highest BCUT2D eigenvalue weighted by Gasteiger charge is 2.45. The van der Waals surface area contributed by atoms with Crippen molar-refractivity contribution in [2.24, 2.45) is 0 Å². The number of carbonyl (C=O) groups is 2. The molecule has 0 aliphatic carbocycles. The third-order valence-electron chi connectivity index (χ3n) is 5.20. The van der Waals surface area contributed by atoms with Gasteiger partial charge in [-0.3, -0.25) is 9.59 Å². The number of rotatable bonds is 7. The minimum atomic E-state index is -0.734. The number of ether oxygens (including phenoxy) is 2. The van der Waals surface area contributed by atoms with Gasteiger partial charge in [-0.1, -0.05) is 42.8 Å². The average Bonchev–Trinajstić information content (AvgIpc) is 3.02. The molecule has 2 aromatic carbocycles. The number of aliphatic hydroxyl groups excluding tert-OH is 1. The molecule has 1 saturated heterocycles. The van der Waals surface area contributed by atoms with Crippen molar-refractivity contribution in [1.82, 2.24) is 4.90 Å². The lowest BCUT2D eigenvalue weighted by molar-refractivity contribution is -0.140. The van der Waals surface area contributed by atoms with Gasteiger partial charge in [0.25, 0.3) is 11.7 Å². The number of benzene rings is 2. The molecule has 158 valence electrons. The Bertz CT molecular complexity index is 984. The molecule has 1 aliphatic rings. The molecule has 30 heavy (non-hydrogen) atoms. The van der Waals surface area contributed by atoms with Crippen LogP contribution in [-0.4, -0.2) is 49.1 Å². The Kier molecular flexibility index (Phi) is 6.80. The fraction of sp³-hybridized carbons (Fsp3) is 0.304. The van der Waals surface area contributed by atoms with Crippen LogP contribution in [0, 0.1) is 0 Å². The smallest absolute Gasteiger partial charge is 0.295 e. The average molecular weight is 430 g/mol. The largest absolute Gasteiger partial charge is 0.507 e. The van der Waals surface area contributed by atoms with Gasteiger partial charge in [0.15, 0.2) is 0 Å². The summed E-state index contributed by atoms with van der Waals surface area (Å²) in [6.45, 7) is 2.54. The van der Waals surface area contributed by atoms with Crippen molar-refractivity contribution in [2.45, 2.75) is 19.4 Å². The van der Waals surface area contributed by atoms with Gasteiger partial charge in [0.05, 0.1) is 30.4 Å². The number of hydrogen-bond donors (Lipinski definition) is 1. The highest BCUT2D eigenvalue weighted by Crippen LogP contribution is 2.40. The molecule has 2 aromatic rings. The molecule has 7 heteroatoms. The molecule has 0 spiro atoms. The molecule has 1 aliphatic heterocycles. The summed E-state index contributed by atoms with van der Waals surface area (Å²) in [7, 11) is 2.99. The van der Waals surface area contributed by atoms with E-state index in [0.717, 1.165) is 17.5 Å². The molecular formula is C23H24ClNO5. The Morgan fingerprint density at radius 3 is 2.43 bits per heavy atom. The Hall–Kier alpha value is -2.83. The van der Waals surface area contributed by atoms with E-state index < -0.39 is 17.7 Å². The SMILES string of the molecule is CCc1ccc(C2/C(=C(/O)c3ccc(Cl)c(OC)c3)C(=O)C(=O)N2CCOC)cc1. The highest BCUT2D eigenvalue weighted by atomic mass is 35.5. The summed E-state index contributed by atoms with van der Waals surface area (Å²) in [5.41, 5.74) is 2.25. The monoisotopic (exact) mass is 429 g/mol. The minimum Gasteiger partial charge on any atom is -0.507 e. The van der Waals surface area contributed by atoms with E-state index in [1.165, 1.54) is 25.2 Å². The lowest BCUT2D eigenvalue weighted by Crippen LogP contribution is -2.32. The maximum Gasteiger partial charge on any atom is 0.295 e. The number of aliphatic hydroxyl groups is 1. The number of aryl methyl sites for hydroxylation is 1. The lowest BCUT2D eigenvalue weighted by atomic mass is 9.94. The molecule has 0 bridgehead atoms. The second-order valence-corrected chi connectivity index (χ2v) is 7.34. The predicted octanol–water partition coefficient (Wildman–Crippen LogP) is 3.98.